The van der Waals surface area contributed by atoms with Crippen molar-refractivity contribution in [3.63, 3.8) is 0 Å². The lowest BCUT2D eigenvalue weighted by molar-refractivity contribution is 0.0918. The first-order valence-corrected chi connectivity index (χ1v) is 4.92. The zero-order chi connectivity index (χ0) is 10.6. The number of aromatic nitrogens is 2. The molecule has 0 unspecified atom stereocenters. The molecular formula is C9H13ClN2O2. The first kappa shape index (κ1) is 11.0. The minimum Gasteiger partial charge on any atom is -0.476 e. The molecule has 0 bridgehead atoms. The molecule has 1 aromatic heterocycles. The minimum atomic E-state index is -0.134. The molecule has 4 nitrogen and oxygen atoms in total. The predicted octanol–water partition coefficient (Wildman–Crippen LogP) is 1.80. The Morgan fingerprint density at radius 1 is 1.79 bits per heavy atom. The number of halogens is 1. The summed E-state index contributed by atoms with van der Waals surface area (Å²) >= 11 is 5.61. The van der Waals surface area contributed by atoms with Crippen LogP contribution in [0.4, 0.5) is 0 Å². The molecule has 5 heteroatoms. The summed E-state index contributed by atoms with van der Waals surface area (Å²) in [4.78, 5) is 10.9. The quantitative estimate of drug-likeness (QED) is 0.721. The fraction of sp³-hybridized carbons (Fsp3) is 0.556. The summed E-state index contributed by atoms with van der Waals surface area (Å²) in [6.45, 7) is 3.94. The fourth-order valence-corrected chi connectivity index (χ4v) is 0.921. The molecule has 0 aliphatic heterocycles. The summed E-state index contributed by atoms with van der Waals surface area (Å²) in [6.07, 6.45) is 1.57. The van der Waals surface area contributed by atoms with Gasteiger partial charge in [0, 0.05) is 31.0 Å². The second-order valence-electron chi connectivity index (χ2n) is 3.19. The molecule has 0 amide bonds. The van der Waals surface area contributed by atoms with Gasteiger partial charge in [-0.2, -0.15) is 0 Å². The average Bonchev–Trinajstić information content (AvgIpc) is 2.62. The highest BCUT2D eigenvalue weighted by Crippen LogP contribution is 2.08. The normalized spacial score (nSPS) is 12.5. The molecule has 1 atom stereocenters. The first-order chi connectivity index (χ1) is 6.63. The van der Waals surface area contributed by atoms with E-state index in [0.717, 1.165) is 0 Å². The largest absolute Gasteiger partial charge is 0.476 e. The van der Waals surface area contributed by atoms with Crippen LogP contribution in [0.3, 0.4) is 0 Å². The zero-order valence-electron chi connectivity index (χ0n) is 8.24. The molecule has 0 aliphatic carbocycles. The highest BCUT2D eigenvalue weighted by molar-refractivity contribution is 6.18. The van der Waals surface area contributed by atoms with Gasteiger partial charge in [0.15, 0.2) is 0 Å². The Morgan fingerprint density at radius 3 is 3.00 bits per heavy atom. The van der Waals surface area contributed by atoms with Crippen molar-refractivity contribution in [3.8, 4) is 5.88 Å². The molecule has 0 spiro atoms. The number of alkyl halides is 1. The van der Waals surface area contributed by atoms with Crippen LogP contribution in [0.1, 0.15) is 18.6 Å². The maximum Gasteiger partial charge on any atom is 0.243 e. The lowest BCUT2D eigenvalue weighted by atomic mass is 10.2. The maximum atomic E-state index is 10.9. The van der Waals surface area contributed by atoms with E-state index >= 15 is 0 Å². The molecule has 0 aromatic carbocycles. The summed E-state index contributed by atoms with van der Waals surface area (Å²) < 4.78 is 6.56. The lowest BCUT2D eigenvalue weighted by Gasteiger charge is -2.06. The smallest absolute Gasteiger partial charge is 0.243 e. The topological polar surface area (TPSA) is 44.1 Å². The van der Waals surface area contributed by atoms with E-state index in [4.69, 9.17) is 16.3 Å². The molecule has 0 saturated heterocycles. The third-order valence-electron chi connectivity index (χ3n) is 1.67. The van der Waals surface area contributed by atoms with E-state index in [-0.39, 0.29) is 11.8 Å². The van der Waals surface area contributed by atoms with Crippen molar-refractivity contribution in [3.05, 3.63) is 12.3 Å². The highest BCUT2D eigenvalue weighted by atomic mass is 35.5. The fourth-order valence-electron chi connectivity index (χ4n) is 0.832. The molecular weight excluding hydrogens is 204 g/mol. The molecule has 0 fully saturated rings. The van der Waals surface area contributed by atoms with E-state index in [1.165, 1.54) is 11.6 Å². The predicted molar refractivity (Wildman–Crippen MR) is 53.9 cm³/mol. The second kappa shape index (κ2) is 5.00. The second-order valence-corrected chi connectivity index (χ2v) is 3.50. The number of hydrogen-bond acceptors (Lipinski definition) is 3. The third kappa shape index (κ3) is 3.03. The van der Waals surface area contributed by atoms with Gasteiger partial charge in [0.05, 0.1) is 6.61 Å². The van der Waals surface area contributed by atoms with Gasteiger partial charge < -0.3 is 4.74 Å². The van der Waals surface area contributed by atoms with Gasteiger partial charge >= 0.3 is 0 Å². The Kier molecular flexibility index (Phi) is 3.95. The van der Waals surface area contributed by atoms with Crippen LogP contribution in [0.2, 0.25) is 0 Å². The van der Waals surface area contributed by atoms with Crippen LogP contribution in [-0.4, -0.2) is 28.2 Å². The van der Waals surface area contributed by atoms with E-state index in [9.17, 15) is 4.79 Å². The van der Waals surface area contributed by atoms with Crippen LogP contribution < -0.4 is 4.74 Å². The van der Waals surface area contributed by atoms with E-state index in [1.807, 2.05) is 6.92 Å². The molecule has 0 radical (unpaired) electrons. The van der Waals surface area contributed by atoms with Crippen LogP contribution in [0.25, 0.3) is 0 Å². The number of ether oxygens (including phenoxy) is 1. The van der Waals surface area contributed by atoms with Crippen molar-refractivity contribution >= 4 is 17.5 Å². The summed E-state index contributed by atoms with van der Waals surface area (Å²) in [7, 11) is 0. The number of rotatable bonds is 4. The van der Waals surface area contributed by atoms with Crippen molar-refractivity contribution in [1.82, 2.24) is 9.78 Å². The van der Waals surface area contributed by atoms with Gasteiger partial charge in [-0.3, -0.25) is 4.79 Å². The van der Waals surface area contributed by atoms with Crippen molar-refractivity contribution < 1.29 is 9.53 Å². The van der Waals surface area contributed by atoms with Crippen LogP contribution in [-0.2, 0) is 0 Å². The van der Waals surface area contributed by atoms with Crippen molar-refractivity contribution in [2.45, 2.75) is 13.8 Å². The molecule has 0 N–H and O–H groups in total. The van der Waals surface area contributed by atoms with Gasteiger partial charge in [-0.1, -0.05) is 6.92 Å². The Morgan fingerprint density at radius 2 is 2.50 bits per heavy atom. The van der Waals surface area contributed by atoms with Crippen LogP contribution in [0.15, 0.2) is 12.3 Å². The van der Waals surface area contributed by atoms with Crippen molar-refractivity contribution in [2.75, 3.05) is 12.5 Å². The number of carbonyl (C=O) groups is 1. The van der Waals surface area contributed by atoms with E-state index < -0.39 is 0 Å². The maximum absolute atomic E-state index is 10.9. The van der Waals surface area contributed by atoms with Crippen LogP contribution in [0, 0.1) is 5.92 Å². The highest BCUT2D eigenvalue weighted by Gasteiger charge is 2.05. The summed E-state index contributed by atoms with van der Waals surface area (Å²) in [5, 5.41) is 3.92. The molecule has 0 aliphatic rings. The Balaban J connectivity index is 2.48. The van der Waals surface area contributed by atoms with E-state index in [0.29, 0.717) is 18.4 Å². The number of carbonyl (C=O) groups excluding carboxylic acids is 1. The van der Waals surface area contributed by atoms with E-state index in [1.54, 1.807) is 12.3 Å². The summed E-state index contributed by atoms with van der Waals surface area (Å²) in [5.74, 6) is 1.15. The van der Waals surface area contributed by atoms with Gasteiger partial charge in [-0.15, -0.1) is 16.7 Å². The van der Waals surface area contributed by atoms with Gasteiger partial charge in [-0.05, 0) is 0 Å². The third-order valence-corrected chi connectivity index (χ3v) is 2.19. The SMILES string of the molecule is CC(=O)n1ccc(OC[C@@H](C)CCl)n1. The summed E-state index contributed by atoms with van der Waals surface area (Å²) in [6, 6.07) is 1.66. The molecule has 78 valence electrons. The number of nitrogens with zero attached hydrogens (tertiary/aromatic N) is 2. The molecule has 14 heavy (non-hydrogen) atoms. The monoisotopic (exact) mass is 216 g/mol. The molecule has 0 saturated carbocycles. The Labute approximate surface area is 87.8 Å². The lowest BCUT2D eigenvalue weighted by Crippen LogP contribution is -2.11. The van der Waals surface area contributed by atoms with Gasteiger partial charge in [0.1, 0.15) is 0 Å². The molecule has 1 aromatic rings. The van der Waals surface area contributed by atoms with Crippen molar-refractivity contribution in [1.29, 1.82) is 0 Å². The van der Waals surface area contributed by atoms with Gasteiger partial charge in [-0.25, -0.2) is 4.68 Å². The van der Waals surface area contributed by atoms with Crippen molar-refractivity contribution in [2.24, 2.45) is 5.92 Å². The molecule has 1 rings (SSSR count). The minimum absolute atomic E-state index is 0.134. The average molecular weight is 217 g/mol. The van der Waals surface area contributed by atoms with Crippen LogP contribution >= 0.6 is 11.6 Å². The standard InChI is InChI=1S/C9H13ClN2O2/c1-7(5-10)6-14-9-3-4-12(11-9)8(2)13/h3-4,7H,5-6H2,1-2H3/t7-/m0/s1. The first-order valence-electron chi connectivity index (χ1n) is 4.39. The zero-order valence-corrected chi connectivity index (χ0v) is 8.99. The summed E-state index contributed by atoms with van der Waals surface area (Å²) in [5.41, 5.74) is 0. The van der Waals surface area contributed by atoms with Crippen LogP contribution in [0.5, 0.6) is 5.88 Å². The number of hydrogen-bond donors (Lipinski definition) is 0. The van der Waals surface area contributed by atoms with E-state index in [2.05, 4.69) is 5.10 Å². The molecule has 1 heterocycles. The Hall–Kier alpha value is -1.03. The van der Waals surface area contributed by atoms with Gasteiger partial charge in [0.25, 0.3) is 0 Å². The Bertz CT molecular complexity index is 312. The van der Waals surface area contributed by atoms with Gasteiger partial charge in [0.2, 0.25) is 11.8 Å².